The highest BCUT2D eigenvalue weighted by atomic mass is 35.6. The van der Waals surface area contributed by atoms with Gasteiger partial charge in [0, 0.05) is 11.1 Å². The predicted molar refractivity (Wildman–Crippen MR) is 94.0 cm³/mol. The van der Waals surface area contributed by atoms with Gasteiger partial charge in [-0.3, -0.25) is 0 Å². The molecule has 0 radical (unpaired) electrons. The quantitative estimate of drug-likeness (QED) is 0.542. The van der Waals surface area contributed by atoms with Crippen molar-refractivity contribution >= 4 is 81.5 Å². The summed E-state index contributed by atoms with van der Waals surface area (Å²) in [5, 5.41) is 5.02. The average molecular weight is 424 g/mol. The Labute approximate surface area is 157 Å². The van der Waals surface area contributed by atoms with Crippen LogP contribution in [-0.2, 0) is 0 Å². The van der Waals surface area contributed by atoms with Crippen molar-refractivity contribution in [2.24, 2.45) is 5.10 Å². The van der Waals surface area contributed by atoms with Crippen LogP contribution in [0.25, 0.3) is 5.70 Å². The van der Waals surface area contributed by atoms with Crippen molar-refractivity contribution in [2.75, 3.05) is 7.11 Å². The van der Waals surface area contributed by atoms with Gasteiger partial charge < -0.3 is 4.74 Å². The van der Waals surface area contributed by atoms with Crippen molar-refractivity contribution < 1.29 is 4.74 Å². The molecule has 0 aromatic heterocycles. The van der Waals surface area contributed by atoms with Crippen LogP contribution in [0.1, 0.15) is 5.56 Å². The average Bonchev–Trinajstić information content (AvgIpc) is 2.45. The number of alkyl halides is 6. The minimum atomic E-state index is -1.85. The number of nitrogens with one attached hydrogen (secondary N) is 1. The first-order valence-electron chi connectivity index (χ1n) is 5.76. The van der Waals surface area contributed by atoms with Crippen molar-refractivity contribution in [3.63, 3.8) is 0 Å². The zero-order valence-electron chi connectivity index (χ0n) is 11.0. The summed E-state index contributed by atoms with van der Waals surface area (Å²) < 4.78 is 1.51. The molecular formula is C12H9Cl6N3O. The maximum absolute atomic E-state index is 6.00. The lowest BCUT2D eigenvalue weighted by atomic mass is 10.1. The minimum Gasteiger partial charge on any atom is -0.497 e. The molecule has 120 valence electrons. The van der Waals surface area contributed by atoms with Gasteiger partial charge in [0.25, 0.3) is 3.92 Å². The first-order valence-corrected chi connectivity index (χ1v) is 8.03. The fourth-order valence-electron chi connectivity index (χ4n) is 1.81. The van der Waals surface area contributed by atoms with Crippen LogP contribution in [0.2, 0.25) is 0 Å². The highest BCUT2D eigenvalue weighted by Crippen LogP contribution is 2.44. The van der Waals surface area contributed by atoms with E-state index in [2.05, 4.69) is 10.6 Å². The molecule has 1 aliphatic rings. The van der Waals surface area contributed by atoms with Gasteiger partial charge in [-0.2, -0.15) is 5.10 Å². The summed E-state index contributed by atoms with van der Waals surface area (Å²) in [7, 11) is 1.56. The van der Waals surface area contributed by atoms with Gasteiger partial charge in [0.2, 0.25) is 3.79 Å². The number of allylic oxidation sites excluding steroid dienone is 1. The second kappa shape index (κ2) is 6.71. The Morgan fingerprint density at radius 3 is 2.09 bits per heavy atom. The highest BCUT2D eigenvalue weighted by molar-refractivity contribution is 6.71. The summed E-state index contributed by atoms with van der Waals surface area (Å²) in [6, 6.07) is 6.96. The van der Waals surface area contributed by atoms with Gasteiger partial charge in [0.05, 0.1) is 19.0 Å². The van der Waals surface area contributed by atoms with Crippen LogP contribution in [0.15, 0.2) is 34.9 Å². The maximum atomic E-state index is 6.00. The number of hydrazone groups is 1. The largest absolute Gasteiger partial charge is 0.497 e. The molecule has 0 amide bonds. The van der Waals surface area contributed by atoms with Crippen LogP contribution in [0.4, 0.5) is 0 Å². The van der Waals surface area contributed by atoms with Gasteiger partial charge in [-0.1, -0.05) is 69.6 Å². The summed E-state index contributed by atoms with van der Waals surface area (Å²) in [4.78, 5) is 0. The van der Waals surface area contributed by atoms with Crippen molar-refractivity contribution in [2.45, 2.75) is 7.71 Å². The van der Waals surface area contributed by atoms with Crippen LogP contribution in [0.5, 0.6) is 5.75 Å². The van der Waals surface area contributed by atoms with Gasteiger partial charge in [0.1, 0.15) is 5.75 Å². The molecule has 10 heteroatoms. The molecule has 1 N–H and O–H groups in total. The first-order chi connectivity index (χ1) is 10.1. The predicted octanol–water partition coefficient (Wildman–Crippen LogP) is 4.91. The fourth-order valence-corrected chi connectivity index (χ4v) is 2.59. The van der Waals surface area contributed by atoms with E-state index in [1.165, 1.54) is 11.2 Å². The normalized spacial score (nSPS) is 15.9. The zero-order valence-corrected chi connectivity index (χ0v) is 15.5. The number of rotatable bonds is 2. The van der Waals surface area contributed by atoms with Crippen LogP contribution in [0.3, 0.4) is 0 Å². The summed E-state index contributed by atoms with van der Waals surface area (Å²) in [5.74, 6) is 0.664. The van der Waals surface area contributed by atoms with Crippen molar-refractivity contribution in [3.8, 4) is 5.75 Å². The van der Waals surface area contributed by atoms with Gasteiger partial charge >= 0.3 is 0 Å². The lowest BCUT2D eigenvalue weighted by molar-refractivity contribution is 0.293. The Bertz CT molecular complexity index is 603. The topological polar surface area (TPSA) is 36.9 Å². The summed E-state index contributed by atoms with van der Waals surface area (Å²) in [5.41, 5.74) is 3.86. The van der Waals surface area contributed by atoms with Gasteiger partial charge in [0.15, 0.2) is 0 Å². The molecular weight excluding hydrogens is 415 g/mol. The van der Waals surface area contributed by atoms with Crippen molar-refractivity contribution in [1.82, 2.24) is 10.5 Å². The van der Waals surface area contributed by atoms with E-state index in [4.69, 9.17) is 74.3 Å². The number of halogens is 6. The summed E-state index contributed by atoms with van der Waals surface area (Å²) in [6.07, 6.45) is 1.36. The van der Waals surface area contributed by atoms with E-state index in [0.717, 1.165) is 0 Å². The fraction of sp³-hybridized carbons (Fsp3) is 0.250. The molecule has 0 spiro atoms. The van der Waals surface area contributed by atoms with Crippen molar-refractivity contribution in [1.29, 1.82) is 0 Å². The third-order valence-electron chi connectivity index (χ3n) is 2.75. The number of benzene rings is 1. The van der Waals surface area contributed by atoms with E-state index in [9.17, 15) is 0 Å². The number of methoxy groups -OCH3 is 1. The standard InChI is InChI=1S/C12H9Cl6N3O/c1-22-8-4-2-7(3-5-8)10-9(11(13,14)15)6-19-20-21(10)12(16,17)18/h2-6,20H,1H3. The molecule has 1 heterocycles. The lowest BCUT2D eigenvalue weighted by Crippen LogP contribution is -2.45. The highest BCUT2D eigenvalue weighted by Gasteiger charge is 2.40. The monoisotopic (exact) mass is 421 g/mol. The SMILES string of the molecule is COc1ccc(C2=C(C(Cl)(Cl)Cl)C=NNN2C(Cl)(Cl)Cl)cc1. The number of nitrogens with zero attached hydrogens (tertiary/aromatic N) is 2. The number of hydrazine groups is 1. The summed E-state index contributed by atoms with van der Waals surface area (Å²) in [6.45, 7) is 0. The van der Waals surface area contributed by atoms with E-state index in [1.807, 2.05) is 0 Å². The molecule has 0 atom stereocenters. The molecule has 1 aromatic rings. The lowest BCUT2D eigenvalue weighted by Gasteiger charge is -2.36. The maximum Gasteiger partial charge on any atom is 0.286 e. The molecule has 0 fully saturated rings. The number of ether oxygens (including phenoxy) is 1. The number of hydrogen-bond donors (Lipinski definition) is 1. The molecule has 22 heavy (non-hydrogen) atoms. The van der Waals surface area contributed by atoms with Gasteiger partial charge in [-0.25, -0.2) is 10.5 Å². The minimum absolute atomic E-state index is 0.257. The second-order valence-corrected chi connectivity index (χ2v) is 8.65. The van der Waals surface area contributed by atoms with E-state index >= 15 is 0 Å². The van der Waals surface area contributed by atoms with Crippen molar-refractivity contribution in [3.05, 3.63) is 35.4 Å². The Hall–Kier alpha value is -0.230. The Balaban J connectivity index is 2.62. The summed E-state index contributed by atoms with van der Waals surface area (Å²) >= 11 is 35.9. The molecule has 0 saturated carbocycles. The number of hydrogen-bond acceptors (Lipinski definition) is 4. The third kappa shape index (κ3) is 3.99. The molecule has 1 aliphatic heterocycles. The van der Waals surface area contributed by atoms with Gasteiger partial charge in [-0.05, 0) is 24.3 Å². The van der Waals surface area contributed by atoms with Crippen LogP contribution >= 0.6 is 69.6 Å². The van der Waals surface area contributed by atoms with E-state index < -0.39 is 7.71 Å². The van der Waals surface area contributed by atoms with E-state index in [-0.39, 0.29) is 5.57 Å². The van der Waals surface area contributed by atoms with Crippen LogP contribution < -0.4 is 10.3 Å². The smallest absolute Gasteiger partial charge is 0.286 e. The second-order valence-electron chi connectivity index (χ2n) is 4.15. The Morgan fingerprint density at radius 2 is 1.64 bits per heavy atom. The first kappa shape index (κ1) is 18.1. The van der Waals surface area contributed by atoms with E-state index in [0.29, 0.717) is 17.0 Å². The molecule has 4 nitrogen and oxygen atoms in total. The Kier molecular flexibility index (Phi) is 5.53. The van der Waals surface area contributed by atoms with Gasteiger partial charge in [-0.15, -0.1) is 0 Å². The molecule has 0 bridgehead atoms. The Morgan fingerprint density at radius 1 is 1.05 bits per heavy atom. The van der Waals surface area contributed by atoms with Crippen LogP contribution in [-0.4, -0.2) is 26.0 Å². The van der Waals surface area contributed by atoms with E-state index in [1.54, 1.807) is 31.4 Å². The zero-order chi connectivity index (χ0) is 16.5. The van der Waals surface area contributed by atoms with Crippen LogP contribution in [0, 0.1) is 0 Å². The molecule has 2 rings (SSSR count). The third-order valence-corrected chi connectivity index (χ3v) is 3.87. The molecule has 1 aromatic carbocycles. The molecule has 0 aliphatic carbocycles. The molecule has 0 unspecified atom stereocenters. The molecule has 0 saturated heterocycles.